The van der Waals surface area contributed by atoms with E-state index in [0.717, 1.165) is 25.9 Å². The normalized spacial score (nSPS) is 19.6. The lowest BCUT2D eigenvalue weighted by atomic mass is 10.0. The van der Waals surface area contributed by atoms with Gasteiger partial charge in [-0.3, -0.25) is 4.79 Å². The summed E-state index contributed by atoms with van der Waals surface area (Å²) in [7, 11) is 5.51. The molecule has 110 valence electrons. The van der Waals surface area contributed by atoms with Crippen LogP contribution in [0.15, 0.2) is 18.2 Å². The molecule has 0 aromatic heterocycles. The SMILES string of the molecule is COc1ccc(N)cc1C(=O)N(C)C1CCCN(C)C1. The Kier molecular flexibility index (Phi) is 4.49. The molecule has 5 heteroatoms. The number of nitrogen functional groups attached to an aromatic ring is 1. The van der Waals surface area contributed by atoms with E-state index in [1.807, 2.05) is 11.9 Å². The molecule has 0 aliphatic carbocycles. The molecule has 0 bridgehead atoms. The highest BCUT2D eigenvalue weighted by molar-refractivity contribution is 5.97. The van der Waals surface area contributed by atoms with E-state index in [9.17, 15) is 4.79 Å². The number of nitrogens with zero attached hydrogens (tertiary/aromatic N) is 2. The van der Waals surface area contributed by atoms with Gasteiger partial charge in [0.1, 0.15) is 5.75 Å². The summed E-state index contributed by atoms with van der Waals surface area (Å²) in [5.74, 6) is 0.537. The van der Waals surface area contributed by atoms with Crippen LogP contribution in [-0.4, -0.2) is 56.0 Å². The number of nitrogens with two attached hydrogens (primary N) is 1. The molecule has 1 aliphatic rings. The summed E-state index contributed by atoms with van der Waals surface area (Å²) in [5, 5.41) is 0. The molecule has 0 saturated carbocycles. The molecule has 1 unspecified atom stereocenters. The lowest BCUT2D eigenvalue weighted by Crippen LogP contribution is -2.47. The van der Waals surface area contributed by atoms with E-state index in [4.69, 9.17) is 10.5 Å². The van der Waals surface area contributed by atoms with Crippen molar-refractivity contribution in [3.63, 3.8) is 0 Å². The van der Waals surface area contributed by atoms with Gasteiger partial charge in [0.15, 0.2) is 0 Å². The fourth-order valence-electron chi connectivity index (χ4n) is 2.70. The van der Waals surface area contributed by atoms with Crippen LogP contribution in [0.3, 0.4) is 0 Å². The van der Waals surface area contributed by atoms with Crippen molar-refractivity contribution in [2.75, 3.05) is 40.0 Å². The predicted molar refractivity (Wildman–Crippen MR) is 80.0 cm³/mol. The molecule has 1 atom stereocenters. The molecule has 1 saturated heterocycles. The van der Waals surface area contributed by atoms with Gasteiger partial charge in [0.2, 0.25) is 0 Å². The van der Waals surface area contributed by atoms with E-state index in [2.05, 4.69) is 11.9 Å². The van der Waals surface area contributed by atoms with Crippen molar-refractivity contribution in [2.45, 2.75) is 18.9 Å². The fourth-order valence-corrected chi connectivity index (χ4v) is 2.70. The Hall–Kier alpha value is -1.75. The van der Waals surface area contributed by atoms with E-state index in [0.29, 0.717) is 17.0 Å². The highest BCUT2D eigenvalue weighted by atomic mass is 16.5. The van der Waals surface area contributed by atoms with Crippen molar-refractivity contribution < 1.29 is 9.53 Å². The molecular weight excluding hydrogens is 254 g/mol. The van der Waals surface area contributed by atoms with Crippen LogP contribution >= 0.6 is 0 Å². The first-order valence-corrected chi connectivity index (χ1v) is 6.92. The quantitative estimate of drug-likeness (QED) is 0.849. The van der Waals surface area contributed by atoms with Crippen molar-refractivity contribution in [2.24, 2.45) is 0 Å². The summed E-state index contributed by atoms with van der Waals surface area (Å²) >= 11 is 0. The Morgan fingerprint density at radius 3 is 2.90 bits per heavy atom. The van der Waals surface area contributed by atoms with E-state index < -0.39 is 0 Å². The molecule has 1 fully saturated rings. The third-order valence-electron chi connectivity index (χ3n) is 3.92. The second-order valence-electron chi connectivity index (χ2n) is 5.43. The number of hydrogen-bond donors (Lipinski definition) is 1. The van der Waals surface area contributed by atoms with Gasteiger partial charge in [-0.05, 0) is 44.6 Å². The first kappa shape index (κ1) is 14.7. The Balaban J connectivity index is 2.19. The summed E-state index contributed by atoms with van der Waals surface area (Å²) in [6, 6.07) is 5.41. The predicted octanol–water partition coefficient (Wildman–Crippen LogP) is 1.44. The second kappa shape index (κ2) is 6.13. The van der Waals surface area contributed by atoms with Crippen LogP contribution in [0.2, 0.25) is 0 Å². The highest BCUT2D eigenvalue weighted by Crippen LogP contribution is 2.24. The van der Waals surface area contributed by atoms with Crippen LogP contribution in [0, 0.1) is 0 Å². The maximum Gasteiger partial charge on any atom is 0.257 e. The number of hydrogen-bond acceptors (Lipinski definition) is 4. The number of likely N-dealkylation sites (tertiary alicyclic amines) is 1. The largest absolute Gasteiger partial charge is 0.496 e. The number of amides is 1. The van der Waals surface area contributed by atoms with Crippen LogP contribution in [0.4, 0.5) is 5.69 Å². The third-order valence-corrected chi connectivity index (χ3v) is 3.92. The van der Waals surface area contributed by atoms with Crippen LogP contribution < -0.4 is 10.5 Å². The van der Waals surface area contributed by atoms with Gasteiger partial charge in [-0.2, -0.15) is 0 Å². The number of anilines is 1. The van der Waals surface area contributed by atoms with Crippen molar-refractivity contribution >= 4 is 11.6 Å². The number of rotatable bonds is 3. The van der Waals surface area contributed by atoms with Gasteiger partial charge < -0.3 is 20.3 Å². The topological polar surface area (TPSA) is 58.8 Å². The van der Waals surface area contributed by atoms with Crippen LogP contribution in [0.5, 0.6) is 5.75 Å². The van der Waals surface area contributed by atoms with E-state index in [1.165, 1.54) is 0 Å². The van der Waals surface area contributed by atoms with Crippen LogP contribution in [0.1, 0.15) is 23.2 Å². The van der Waals surface area contributed by atoms with Crippen molar-refractivity contribution in [3.05, 3.63) is 23.8 Å². The number of ether oxygens (including phenoxy) is 1. The second-order valence-corrected chi connectivity index (χ2v) is 5.43. The minimum absolute atomic E-state index is 0.0329. The summed E-state index contributed by atoms with van der Waals surface area (Å²) in [6.45, 7) is 2.01. The van der Waals surface area contributed by atoms with Gasteiger partial charge in [0, 0.05) is 25.3 Å². The lowest BCUT2D eigenvalue weighted by molar-refractivity contribution is 0.0641. The molecule has 1 amide bonds. The minimum atomic E-state index is -0.0329. The molecule has 1 aliphatic heterocycles. The smallest absolute Gasteiger partial charge is 0.257 e. The van der Waals surface area contributed by atoms with Crippen LogP contribution in [0.25, 0.3) is 0 Å². The first-order valence-electron chi connectivity index (χ1n) is 6.92. The van der Waals surface area contributed by atoms with E-state index in [1.54, 1.807) is 25.3 Å². The number of carbonyl (C=O) groups is 1. The molecular formula is C15H23N3O2. The summed E-state index contributed by atoms with van der Waals surface area (Å²) < 4.78 is 5.27. The average molecular weight is 277 g/mol. The maximum atomic E-state index is 12.7. The number of likely N-dealkylation sites (N-methyl/N-ethyl adjacent to an activating group) is 2. The Morgan fingerprint density at radius 2 is 2.25 bits per heavy atom. The molecule has 2 rings (SSSR count). The third kappa shape index (κ3) is 3.04. The molecule has 0 spiro atoms. The molecule has 5 nitrogen and oxygen atoms in total. The number of piperidine rings is 1. The van der Waals surface area contributed by atoms with Gasteiger partial charge in [-0.25, -0.2) is 0 Å². The molecule has 20 heavy (non-hydrogen) atoms. The molecule has 1 heterocycles. The summed E-state index contributed by atoms with van der Waals surface area (Å²) in [5.41, 5.74) is 6.89. The Labute approximate surface area is 120 Å². The number of benzene rings is 1. The Morgan fingerprint density at radius 1 is 1.50 bits per heavy atom. The molecule has 0 radical (unpaired) electrons. The zero-order valence-corrected chi connectivity index (χ0v) is 12.4. The van der Waals surface area contributed by atoms with E-state index >= 15 is 0 Å². The van der Waals surface area contributed by atoms with E-state index in [-0.39, 0.29) is 11.9 Å². The van der Waals surface area contributed by atoms with Gasteiger partial charge in [0.25, 0.3) is 5.91 Å². The molecule has 1 aromatic carbocycles. The van der Waals surface area contributed by atoms with Crippen molar-refractivity contribution in [1.82, 2.24) is 9.80 Å². The maximum absolute atomic E-state index is 12.7. The lowest BCUT2D eigenvalue weighted by Gasteiger charge is -2.36. The molecule has 1 aromatic rings. The highest BCUT2D eigenvalue weighted by Gasteiger charge is 2.26. The monoisotopic (exact) mass is 277 g/mol. The fraction of sp³-hybridized carbons (Fsp3) is 0.533. The number of methoxy groups -OCH3 is 1. The summed E-state index contributed by atoms with van der Waals surface area (Å²) in [4.78, 5) is 16.7. The van der Waals surface area contributed by atoms with Gasteiger partial charge >= 0.3 is 0 Å². The van der Waals surface area contributed by atoms with Crippen LogP contribution in [-0.2, 0) is 0 Å². The Bertz CT molecular complexity index is 490. The van der Waals surface area contributed by atoms with Crippen molar-refractivity contribution in [1.29, 1.82) is 0 Å². The molecule has 2 N–H and O–H groups in total. The van der Waals surface area contributed by atoms with Crippen molar-refractivity contribution in [3.8, 4) is 5.75 Å². The standard InChI is InChI=1S/C15H23N3O2/c1-17-8-4-5-12(10-17)18(2)15(19)13-9-11(16)6-7-14(13)20-3/h6-7,9,12H,4-5,8,10,16H2,1-3H3. The number of carbonyl (C=O) groups excluding carboxylic acids is 1. The van der Waals surface area contributed by atoms with Gasteiger partial charge in [-0.1, -0.05) is 0 Å². The first-order chi connectivity index (χ1) is 9.52. The van der Waals surface area contributed by atoms with Gasteiger partial charge in [0.05, 0.1) is 12.7 Å². The average Bonchev–Trinajstić information content (AvgIpc) is 2.45. The van der Waals surface area contributed by atoms with Gasteiger partial charge in [-0.15, -0.1) is 0 Å². The summed E-state index contributed by atoms with van der Waals surface area (Å²) in [6.07, 6.45) is 2.16. The minimum Gasteiger partial charge on any atom is -0.496 e. The zero-order valence-electron chi connectivity index (χ0n) is 12.4. The zero-order chi connectivity index (χ0) is 14.7.